The molecule has 0 bridgehead atoms. The zero-order valence-electron chi connectivity index (χ0n) is 13.3. The van der Waals surface area contributed by atoms with Gasteiger partial charge in [0.1, 0.15) is 0 Å². The van der Waals surface area contributed by atoms with Crippen molar-refractivity contribution in [2.24, 2.45) is 4.99 Å². The summed E-state index contributed by atoms with van der Waals surface area (Å²) < 4.78 is 0. The number of benzene rings is 1. The molecule has 0 fully saturated rings. The Hall–Kier alpha value is -1.26. The van der Waals surface area contributed by atoms with Crippen molar-refractivity contribution >= 4 is 17.6 Å². The van der Waals surface area contributed by atoms with Gasteiger partial charge in [0.2, 0.25) is 0 Å². The quantitative estimate of drug-likeness (QED) is 0.629. The maximum Gasteiger partial charge on any atom is 0.195 e. The molecule has 0 amide bonds. The van der Waals surface area contributed by atoms with E-state index in [0.717, 1.165) is 16.5 Å². The number of halogens is 1. The third-order valence-electron chi connectivity index (χ3n) is 3.09. The minimum Gasteiger partial charge on any atom is -0.349 e. The highest BCUT2D eigenvalue weighted by Crippen LogP contribution is 2.26. The van der Waals surface area contributed by atoms with E-state index in [9.17, 15) is 0 Å². The first-order valence-electron chi connectivity index (χ1n) is 6.64. The predicted molar refractivity (Wildman–Crippen MR) is 87.6 cm³/mol. The van der Waals surface area contributed by atoms with Crippen molar-refractivity contribution in [3.8, 4) is 0 Å². The minimum atomic E-state index is 0.165. The van der Waals surface area contributed by atoms with Gasteiger partial charge in [0.25, 0.3) is 0 Å². The van der Waals surface area contributed by atoms with E-state index in [0.29, 0.717) is 6.54 Å². The topological polar surface area (TPSA) is 22.1 Å². The molecule has 1 aromatic rings. The maximum atomic E-state index is 6.31. The molecule has 1 atom stereocenters. The second-order valence-electron chi connectivity index (χ2n) is 5.43. The van der Waals surface area contributed by atoms with Crippen LogP contribution >= 0.6 is 11.6 Å². The van der Waals surface area contributed by atoms with Crippen LogP contribution in [0.15, 0.2) is 29.3 Å². The summed E-state index contributed by atoms with van der Waals surface area (Å²) >= 11 is 6.31. The molecule has 0 aliphatic carbocycles. The van der Waals surface area contributed by atoms with Gasteiger partial charge in [-0.2, -0.15) is 0 Å². The highest BCUT2D eigenvalue weighted by atomic mass is 35.5. The van der Waals surface area contributed by atoms with Crippen molar-refractivity contribution in [3.63, 3.8) is 0 Å². The van der Waals surface area contributed by atoms with Crippen molar-refractivity contribution in [2.75, 3.05) is 48.8 Å². The fraction of sp³-hybridized carbons (Fsp3) is 0.533. The van der Waals surface area contributed by atoms with Crippen LogP contribution in [0.1, 0.15) is 11.6 Å². The lowest BCUT2D eigenvalue weighted by Crippen LogP contribution is -2.36. The number of hydrogen-bond acceptors (Lipinski definition) is 2. The number of likely N-dealkylation sites (N-methyl/N-ethyl adjacent to an activating group) is 1. The highest BCUT2D eigenvalue weighted by Gasteiger charge is 2.17. The molecule has 0 spiro atoms. The monoisotopic (exact) mass is 296 g/mol. The van der Waals surface area contributed by atoms with Gasteiger partial charge in [-0.3, -0.25) is 4.99 Å². The van der Waals surface area contributed by atoms with E-state index in [4.69, 9.17) is 16.6 Å². The van der Waals surface area contributed by atoms with E-state index in [1.165, 1.54) is 0 Å². The van der Waals surface area contributed by atoms with Crippen LogP contribution in [0, 0.1) is 0 Å². The van der Waals surface area contributed by atoms with Gasteiger partial charge in [-0.15, -0.1) is 0 Å². The van der Waals surface area contributed by atoms with Crippen molar-refractivity contribution in [3.05, 3.63) is 34.9 Å². The summed E-state index contributed by atoms with van der Waals surface area (Å²) in [5, 5.41) is 0.789. The van der Waals surface area contributed by atoms with Crippen LogP contribution in [-0.4, -0.2) is 69.5 Å². The maximum absolute atomic E-state index is 6.31. The van der Waals surface area contributed by atoms with E-state index in [2.05, 4.69) is 25.1 Å². The molecule has 20 heavy (non-hydrogen) atoms. The Morgan fingerprint density at radius 3 is 2.05 bits per heavy atom. The lowest BCUT2D eigenvalue weighted by atomic mass is 10.1. The van der Waals surface area contributed by atoms with Gasteiger partial charge in [0.05, 0.1) is 12.6 Å². The normalized spacial score (nSPS) is 12.2. The van der Waals surface area contributed by atoms with Crippen molar-refractivity contribution < 1.29 is 0 Å². The van der Waals surface area contributed by atoms with Gasteiger partial charge in [0.15, 0.2) is 5.96 Å². The number of hydrogen-bond donors (Lipinski definition) is 0. The largest absolute Gasteiger partial charge is 0.349 e. The van der Waals surface area contributed by atoms with Gasteiger partial charge in [0, 0.05) is 33.2 Å². The molecule has 0 N–H and O–H groups in total. The average Bonchev–Trinajstić information content (AvgIpc) is 2.34. The highest BCUT2D eigenvalue weighted by molar-refractivity contribution is 6.31. The summed E-state index contributed by atoms with van der Waals surface area (Å²) in [6.45, 7) is 0.669. The van der Waals surface area contributed by atoms with Crippen LogP contribution < -0.4 is 0 Å². The molecular formula is C15H25ClN4. The van der Waals surface area contributed by atoms with Crippen molar-refractivity contribution in [2.45, 2.75) is 6.04 Å². The first kappa shape index (κ1) is 16.8. The van der Waals surface area contributed by atoms with Gasteiger partial charge in [-0.05, 0) is 25.7 Å². The van der Waals surface area contributed by atoms with E-state index < -0.39 is 0 Å². The first-order chi connectivity index (χ1) is 9.34. The van der Waals surface area contributed by atoms with Gasteiger partial charge in [-0.25, -0.2) is 0 Å². The summed E-state index contributed by atoms with van der Waals surface area (Å²) in [5.41, 5.74) is 1.11. The van der Waals surface area contributed by atoms with E-state index in [1.54, 1.807) is 0 Å². The number of aliphatic imine (C=N–C) groups is 1. The molecule has 0 heterocycles. The summed E-state index contributed by atoms with van der Waals surface area (Å²) in [7, 11) is 12.1. The van der Waals surface area contributed by atoms with Crippen LogP contribution in [0.4, 0.5) is 0 Å². The standard InChI is InChI=1S/C15H25ClN4/c1-18(2)14(12-9-7-8-10-13(12)16)11-17-15(19(3)4)20(5)6/h7-10,14H,11H2,1-6H3. The zero-order valence-corrected chi connectivity index (χ0v) is 14.0. The van der Waals surface area contributed by atoms with E-state index >= 15 is 0 Å². The van der Waals surface area contributed by atoms with Crippen molar-refractivity contribution in [1.82, 2.24) is 14.7 Å². The van der Waals surface area contributed by atoms with E-state index in [1.807, 2.05) is 56.2 Å². The summed E-state index contributed by atoms with van der Waals surface area (Å²) in [6, 6.07) is 8.12. The Labute approximate surface area is 127 Å². The predicted octanol–water partition coefficient (Wildman–Crippen LogP) is 2.42. The molecule has 0 saturated heterocycles. The Kier molecular flexibility index (Phi) is 6.30. The number of guanidine groups is 1. The van der Waals surface area contributed by atoms with Crippen LogP contribution in [0.2, 0.25) is 5.02 Å². The summed E-state index contributed by atoms with van der Waals surface area (Å²) in [5.74, 6) is 0.948. The summed E-state index contributed by atoms with van der Waals surface area (Å²) in [4.78, 5) is 10.9. The molecule has 0 aliphatic rings. The van der Waals surface area contributed by atoms with Gasteiger partial charge < -0.3 is 14.7 Å². The van der Waals surface area contributed by atoms with Gasteiger partial charge >= 0.3 is 0 Å². The summed E-state index contributed by atoms with van der Waals surface area (Å²) in [6.07, 6.45) is 0. The molecule has 0 aliphatic heterocycles. The third kappa shape index (κ3) is 4.39. The fourth-order valence-electron chi connectivity index (χ4n) is 2.14. The van der Waals surface area contributed by atoms with Crippen LogP contribution in [-0.2, 0) is 0 Å². The molecule has 0 radical (unpaired) electrons. The first-order valence-corrected chi connectivity index (χ1v) is 7.02. The Morgan fingerprint density at radius 2 is 1.60 bits per heavy atom. The van der Waals surface area contributed by atoms with Crippen LogP contribution in [0.3, 0.4) is 0 Å². The van der Waals surface area contributed by atoms with Crippen LogP contribution in [0.5, 0.6) is 0 Å². The Balaban J connectivity index is 3.00. The lowest BCUT2D eigenvalue weighted by molar-refractivity contribution is 0.304. The second kappa shape index (κ2) is 7.50. The molecule has 1 aromatic carbocycles. The minimum absolute atomic E-state index is 0.165. The SMILES string of the molecule is CN(C)C(=NCC(c1ccccc1Cl)N(C)C)N(C)C. The molecule has 112 valence electrons. The number of rotatable bonds is 4. The van der Waals surface area contributed by atoms with Gasteiger partial charge in [-0.1, -0.05) is 29.8 Å². The van der Waals surface area contributed by atoms with E-state index in [-0.39, 0.29) is 6.04 Å². The Bertz CT molecular complexity index is 445. The zero-order chi connectivity index (χ0) is 15.3. The molecule has 0 aromatic heterocycles. The number of nitrogens with zero attached hydrogens (tertiary/aromatic N) is 4. The van der Waals surface area contributed by atoms with Crippen LogP contribution in [0.25, 0.3) is 0 Å². The van der Waals surface area contributed by atoms with Crippen molar-refractivity contribution in [1.29, 1.82) is 0 Å². The lowest BCUT2D eigenvalue weighted by Gasteiger charge is -2.27. The smallest absolute Gasteiger partial charge is 0.195 e. The molecule has 5 heteroatoms. The average molecular weight is 297 g/mol. The second-order valence-corrected chi connectivity index (χ2v) is 5.84. The molecule has 1 unspecified atom stereocenters. The molecular weight excluding hydrogens is 272 g/mol. The molecule has 0 saturated carbocycles. The third-order valence-corrected chi connectivity index (χ3v) is 3.44. The fourth-order valence-corrected chi connectivity index (χ4v) is 2.40. The Morgan fingerprint density at radius 1 is 1.05 bits per heavy atom. The molecule has 1 rings (SSSR count). The molecule has 4 nitrogen and oxygen atoms in total.